The Labute approximate surface area is 131 Å². The molecule has 110 valence electrons. The Kier molecular flexibility index (Phi) is 2.87. The number of piperidine rings is 1. The summed E-state index contributed by atoms with van der Waals surface area (Å²) in [7, 11) is 0. The summed E-state index contributed by atoms with van der Waals surface area (Å²) in [5.41, 5.74) is 0.419. The van der Waals surface area contributed by atoms with Gasteiger partial charge >= 0.3 is 6.09 Å². The van der Waals surface area contributed by atoms with Gasteiger partial charge in [-0.05, 0) is 46.7 Å². The van der Waals surface area contributed by atoms with Crippen molar-refractivity contribution in [3.05, 3.63) is 26.0 Å². The van der Waals surface area contributed by atoms with Crippen LogP contribution in [0.4, 0.5) is 4.79 Å². The summed E-state index contributed by atoms with van der Waals surface area (Å²) in [5, 5.41) is 9.39. The fourth-order valence-electron chi connectivity index (χ4n) is 3.17. The van der Waals surface area contributed by atoms with Gasteiger partial charge in [0.15, 0.2) is 0 Å². The Morgan fingerprint density at radius 1 is 1.48 bits per heavy atom. The maximum Gasteiger partial charge on any atom is 0.407 e. The lowest BCUT2D eigenvalue weighted by Crippen LogP contribution is -2.40. The highest BCUT2D eigenvalue weighted by molar-refractivity contribution is 9.11. The number of rotatable bonds is 1. The van der Waals surface area contributed by atoms with Crippen LogP contribution in [0.3, 0.4) is 0 Å². The summed E-state index contributed by atoms with van der Waals surface area (Å²) in [6.45, 7) is 0.541. The summed E-state index contributed by atoms with van der Waals surface area (Å²) in [4.78, 5) is 32.3. The SMILES string of the molecule is O=C(O)N1CC2CC2CC1c1nc2cc(Br)sc2c(=O)[nH]1. The van der Waals surface area contributed by atoms with E-state index in [1.54, 1.807) is 6.07 Å². The fourth-order valence-corrected chi connectivity index (χ4v) is 4.59. The molecule has 1 amide bonds. The van der Waals surface area contributed by atoms with Crippen LogP contribution in [0, 0.1) is 11.8 Å². The third kappa shape index (κ3) is 2.17. The van der Waals surface area contributed by atoms with Crippen molar-refractivity contribution in [3.63, 3.8) is 0 Å². The van der Waals surface area contributed by atoms with Gasteiger partial charge < -0.3 is 10.1 Å². The van der Waals surface area contributed by atoms with Crippen molar-refractivity contribution in [1.29, 1.82) is 0 Å². The predicted molar refractivity (Wildman–Crippen MR) is 81.6 cm³/mol. The maximum absolute atomic E-state index is 12.2. The molecule has 1 aliphatic carbocycles. The van der Waals surface area contributed by atoms with E-state index in [1.165, 1.54) is 16.2 Å². The van der Waals surface area contributed by atoms with E-state index in [-0.39, 0.29) is 11.6 Å². The minimum atomic E-state index is -0.945. The molecule has 0 radical (unpaired) electrons. The molecule has 2 aliphatic rings. The lowest BCUT2D eigenvalue weighted by molar-refractivity contribution is 0.100. The van der Waals surface area contributed by atoms with Gasteiger partial charge in [-0.3, -0.25) is 9.69 Å². The topological polar surface area (TPSA) is 86.3 Å². The molecular weight excluding hydrogens is 358 g/mol. The van der Waals surface area contributed by atoms with Crippen molar-refractivity contribution in [2.75, 3.05) is 6.54 Å². The number of fused-ring (bicyclic) bond motifs is 2. The first kappa shape index (κ1) is 13.3. The van der Waals surface area contributed by atoms with Gasteiger partial charge in [0.1, 0.15) is 10.5 Å². The van der Waals surface area contributed by atoms with Crippen molar-refractivity contribution in [1.82, 2.24) is 14.9 Å². The summed E-state index contributed by atoms with van der Waals surface area (Å²) in [6.07, 6.45) is 0.882. The van der Waals surface area contributed by atoms with Crippen LogP contribution in [0.15, 0.2) is 14.6 Å². The third-order valence-electron chi connectivity index (χ3n) is 4.33. The van der Waals surface area contributed by atoms with Crippen molar-refractivity contribution < 1.29 is 9.90 Å². The first-order chi connectivity index (χ1) is 10.0. The summed E-state index contributed by atoms with van der Waals surface area (Å²) in [5.74, 6) is 1.52. The molecule has 4 rings (SSSR count). The second-order valence-corrected chi connectivity index (χ2v) is 8.09. The number of nitrogens with one attached hydrogen (secondary N) is 1. The van der Waals surface area contributed by atoms with Crippen LogP contribution < -0.4 is 5.56 Å². The molecule has 1 saturated carbocycles. The monoisotopic (exact) mass is 369 g/mol. The van der Waals surface area contributed by atoms with Crippen LogP contribution in [-0.4, -0.2) is 32.6 Å². The standard InChI is InChI=1S/C13H12BrN3O3S/c14-9-3-7-10(21-9)12(18)16-11(15-7)8-2-5-1-6(5)4-17(8)13(19)20/h3,5-6,8H,1-2,4H2,(H,19,20)(H,15,16,18). The van der Waals surface area contributed by atoms with Gasteiger partial charge in [0, 0.05) is 6.54 Å². The van der Waals surface area contributed by atoms with E-state index in [4.69, 9.17) is 0 Å². The molecule has 0 aromatic carbocycles. The summed E-state index contributed by atoms with van der Waals surface area (Å²) < 4.78 is 1.40. The molecule has 0 spiro atoms. The number of amides is 1. The molecule has 21 heavy (non-hydrogen) atoms. The number of carbonyl (C=O) groups is 1. The molecule has 8 heteroatoms. The maximum atomic E-state index is 12.2. The van der Waals surface area contributed by atoms with Gasteiger partial charge in [0.2, 0.25) is 0 Å². The Hall–Kier alpha value is -1.41. The van der Waals surface area contributed by atoms with E-state index >= 15 is 0 Å². The van der Waals surface area contributed by atoms with Gasteiger partial charge in [-0.1, -0.05) is 0 Å². The zero-order valence-electron chi connectivity index (χ0n) is 10.9. The summed E-state index contributed by atoms with van der Waals surface area (Å²) >= 11 is 4.68. The van der Waals surface area contributed by atoms with E-state index in [2.05, 4.69) is 25.9 Å². The van der Waals surface area contributed by atoms with E-state index in [0.717, 1.165) is 16.6 Å². The molecule has 3 heterocycles. The molecule has 2 aromatic rings. The van der Waals surface area contributed by atoms with Gasteiger partial charge in [0.25, 0.3) is 5.56 Å². The number of H-pyrrole nitrogens is 1. The average molecular weight is 370 g/mol. The highest BCUT2D eigenvalue weighted by atomic mass is 79.9. The van der Waals surface area contributed by atoms with E-state index in [9.17, 15) is 14.7 Å². The minimum Gasteiger partial charge on any atom is -0.465 e. The van der Waals surface area contributed by atoms with E-state index in [0.29, 0.717) is 34.4 Å². The van der Waals surface area contributed by atoms with Crippen LogP contribution in [0.25, 0.3) is 10.2 Å². The molecule has 1 saturated heterocycles. The number of hydrogen-bond donors (Lipinski definition) is 2. The zero-order valence-corrected chi connectivity index (χ0v) is 13.3. The van der Waals surface area contributed by atoms with Gasteiger partial charge in [0.05, 0.1) is 15.3 Å². The minimum absolute atomic E-state index is 0.200. The van der Waals surface area contributed by atoms with E-state index in [1.807, 2.05) is 0 Å². The van der Waals surface area contributed by atoms with Crippen molar-refractivity contribution >= 4 is 43.6 Å². The zero-order chi connectivity index (χ0) is 14.7. The molecule has 2 fully saturated rings. The predicted octanol–water partition coefficient (Wildman–Crippen LogP) is 2.81. The van der Waals surface area contributed by atoms with Crippen LogP contribution in [0.2, 0.25) is 0 Å². The first-order valence-corrected chi connectivity index (χ1v) is 8.32. The Bertz CT molecular complexity index is 802. The third-order valence-corrected chi connectivity index (χ3v) is 5.96. The number of halogens is 1. The smallest absolute Gasteiger partial charge is 0.407 e. The average Bonchev–Trinajstić information content (AvgIpc) is 3.09. The number of likely N-dealkylation sites (tertiary alicyclic amines) is 1. The van der Waals surface area contributed by atoms with Crippen molar-refractivity contribution in [2.45, 2.75) is 18.9 Å². The fraction of sp³-hybridized carbons (Fsp3) is 0.462. The molecule has 1 aliphatic heterocycles. The number of nitrogens with zero attached hydrogens (tertiary/aromatic N) is 2. The molecule has 3 atom stereocenters. The second-order valence-electron chi connectivity index (χ2n) is 5.66. The highest BCUT2D eigenvalue weighted by Gasteiger charge is 2.48. The Morgan fingerprint density at radius 2 is 2.29 bits per heavy atom. The molecular formula is C13H12BrN3O3S. The van der Waals surface area contributed by atoms with Crippen LogP contribution in [0.1, 0.15) is 24.7 Å². The van der Waals surface area contributed by atoms with Crippen LogP contribution in [-0.2, 0) is 0 Å². The summed E-state index contributed by atoms with van der Waals surface area (Å²) in [6, 6.07) is 1.45. The van der Waals surface area contributed by atoms with Crippen molar-refractivity contribution in [3.8, 4) is 0 Å². The van der Waals surface area contributed by atoms with Crippen LogP contribution >= 0.6 is 27.3 Å². The Balaban J connectivity index is 1.80. The quantitative estimate of drug-likeness (QED) is 0.808. The number of aromatic amines is 1. The largest absolute Gasteiger partial charge is 0.465 e. The van der Waals surface area contributed by atoms with Gasteiger partial charge in [-0.25, -0.2) is 9.78 Å². The molecule has 2 aromatic heterocycles. The van der Waals surface area contributed by atoms with Gasteiger partial charge in [-0.2, -0.15) is 0 Å². The lowest BCUT2D eigenvalue weighted by Gasteiger charge is -2.32. The van der Waals surface area contributed by atoms with Crippen molar-refractivity contribution in [2.24, 2.45) is 11.8 Å². The number of thiophene rings is 1. The number of aromatic nitrogens is 2. The highest BCUT2D eigenvalue weighted by Crippen LogP contribution is 2.50. The second kappa shape index (κ2) is 4.54. The van der Waals surface area contributed by atoms with Crippen LogP contribution in [0.5, 0.6) is 0 Å². The van der Waals surface area contributed by atoms with E-state index < -0.39 is 6.09 Å². The molecule has 0 bridgehead atoms. The van der Waals surface area contributed by atoms with Gasteiger partial charge in [-0.15, -0.1) is 11.3 Å². The number of carboxylic acid groups (broad SMARTS) is 1. The normalized spacial score (nSPS) is 27.7. The Morgan fingerprint density at radius 3 is 3.05 bits per heavy atom. The lowest BCUT2D eigenvalue weighted by atomic mass is 10.0. The number of hydrogen-bond acceptors (Lipinski definition) is 4. The molecule has 6 nitrogen and oxygen atoms in total. The first-order valence-electron chi connectivity index (χ1n) is 6.71. The molecule has 3 unspecified atom stereocenters. The molecule has 2 N–H and O–H groups in total.